The molecule has 1 aromatic rings. The number of benzene rings is 1. The van der Waals surface area contributed by atoms with E-state index in [0.29, 0.717) is 11.8 Å². The zero-order valence-electron chi connectivity index (χ0n) is 14.0. The number of imide groups is 1. The first-order chi connectivity index (χ1) is 12.1. The topological polar surface area (TPSA) is 75.7 Å². The molecule has 4 atom stereocenters. The van der Waals surface area contributed by atoms with Crippen molar-refractivity contribution in [3.05, 3.63) is 35.9 Å². The molecule has 3 amide bonds. The van der Waals surface area contributed by atoms with Gasteiger partial charge in [0.2, 0.25) is 11.8 Å². The Morgan fingerprint density at radius 1 is 1.08 bits per heavy atom. The van der Waals surface area contributed by atoms with Crippen molar-refractivity contribution in [3.63, 3.8) is 0 Å². The Morgan fingerprint density at radius 2 is 1.72 bits per heavy atom. The van der Waals surface area contributed by atoms with Crippen LogP contribution in [0.3, 0.4) is 0 Å². The van der Waals surface area contributed by atoms with Crippen LogP contribution in [0.4, 0.5) is 4.79 Å². The highest BCUT2D eigenvalue weighted by atomic mass is 16.5. The zero-order valence-corrected chi connectivity index (χ0v) is 14.0. The van der Waals surface area contributed by atoms with Crippen LogP contribution in [-0.2, 0) is 20.9 Å². The number of hydrogen-bond donors (Lipinski definition) is 1. The van der Waals surface area contributed by atoms with Gasteiger partial charge in [0.05, 0.1) is 11.8 Å². The van der Waals surface area contributed by atoms with Crippen molar-refractivity contribution in [3.8, 4) is 0 Å². The number of carbonyl (C=O) groups excluding carboxylic acids is 3. The molecule has 1 N–H and O–H groups in total. The van der Waals surface area contributed by atoms with Gasteiger partial charge in [-0.25, -0.2) is 4.79 Å². The first kappa shape index (κ1) is 16.1. The van der Waals surface area contributed by atoms with Gasteiger partial charge in [-0.1, -0.05) is 30.3 Å². The summed E-state index contributed by atoms with van der Waals surface area (Å²) in [5.41, 5.74) is 0.908. The molecule has 1 saturated heterocycles. The van der Waals surface area contributed by atoms with Crippen molar-refractivity contribution in [2.45, 2.75) is 25.9 Å². The number of fused-ring (bicyclic) bond motifs is 5. The van der Waals surface area contributed by atoms with E-state index in [1.807, 2.05) is 30.3 Å². The number of ether oxygens (including phenoxy) is 1. The minimum absolute atomic E-state index is 0.0401. The van der Waals surface area contributed by atoms with Crippen molar-refractivity contribution in [2.75, 3.05) is 13.1 Å². The lowest BCUT2D eigenvalue weighted by molar-refractivity contribution is -0.140. The average molecular weight is 342 g/mol. The Bertz CT molecular complexity index is 662. The van der Waals surface area contributed by atoms with Crippen LogP contribution < -0.4 is 5.32 Å². The maximum atomic E-state index is 12.5. The fraction of sp³-hybridized carbons (Fsp3) is 0.526. The Balaban J connectivity index is 1.24. The molecule has 0 radical (unpaired) electrons. The van der Waals surface area contributed by atoms with Crippen LogP contribution in [0.25, 0.3) is 0 Å². The fourth-order valence-electron chi connectivity index (χ4n) is 4.73. The Hall–Kier alpha value is -2.37. The van der Waals surface area contributed by atoms with Crippen LogP contribution >= 0.6 is 0 Å². The molecule has 4 rings (SSSR count). The molecule has 0 spiro atoms. The predicted molar refractivity (Wildman–Crippen MR) is 89.2 cm³/mol. The molecular weight excluding hydrogens is 320 g/mol. The van der Waals surface area contributed by atoms with E-state index in [4.69, 9.17) is 4.74 Å². The van der Waals surface area contributed by atoms with E-state index in [1.165, 1.54) is 4.90 Å². The van der Waals surface area contributed by atoms with Crippen molar-refractivity contribution < 1.29 is 19.1 Å². The molecule has 1 unspecified atom stereocenters. The molecule has 2 aliphatic carbocycles. The third-order valence-electron chi connectivity index (χ3n) is 5.84. The molecule has 25 heavy (non-hydrogen) atoms. The minimum atomic E-state index is -0.539. The van der Waals surface area contributed by atoms with E-state index in [0.717, 1.165) is 24.8 Å². The van der Waals surface area contributed by atoms with E-state index >= 15 is 0 Å². The van der Waals surface area contributed by atoms with Gasteiger partial charge in [0.15, 0.2) is 0 Å². The summed E-state index contributed by atoms with van der Waals surface area (Å²) in [6.45, 7) is 0.645. The van der Waals surface area contributed by atoms with Gasteiger partial charge in [0.25, 0.3) is 0 Å². The number of hydrogen-bond acceptors (Lipinski definition) is 4. The van der Waals surface area contributed by atoms with E-state index in [9.17, 15) is 14.4 Å². The fourth-order valence-corrected chi connectivity index (χ4v) is 4.73. The summed E-state index contributed by atoms with van der Waals surface area (Å²) in [6.07, 6.45) is 2.64. The van der Waals surface area contributed by atoms with Gasteiger partial charge in [0, 0.05) is 13.1 Å². The highest BCUT2D eigenvalue weighted by molar-refractivity contribution is 6.06. The largest absolute Gasteiger partial charge is 0.445 e. The first-order valence-corrected chi connectivity index (χ1v) is 8.95. The van der Waals surface area contributed by atoms with Crippen molar-refractivity contribution >= 4 is 17.9 Å². The van der Waals surface area contributed by atoms with Crippen LogP contribution in [0, 0.1) is 23.7 Å². The van der Waals surface area contributed by atoms with Crippen LogP contribution in [0.15, 0.2) is 30.3 Å². The summed E-state index contributed by atoms with van der Waals surface area (Å²) >= 11 is 0. The number of rotatable bonds is 5. The zero-order chi connectivity index (χ0) is 17.4. The summed E-state index contributed by atoms with van der Waals surface area (Å²) in [7, 11) is 0. The summed E-state index contributed by atoms with van der Waals surface area (Å²) in [5, 5.41) is 2.62. The average Bonchev–Trinajstić information content (AvgIpc) is 3.30. The summed E-state index contributed by atoms with van der Waals surface area (Å²) in [6, 6.07) is 9.41. The quantitative estimate of drug-likeness (QED) is 0.830. The van der Waals surface area contributed by atoms with E-state index < -0.39 is 6.09 Å². The molecule has 2 bridgehead atoms. The molecule has 1 aliphatic heterocycles. The summed E-state index contributed by atoms with van der Waals surface area (Å²) < 4.78 is 5.13. The molecule has 6 heteroatoms. The number of carbonyl (C=O) groups is 3. The Kier molecular flexibility index (Phi) is 4.19. The molecule has 132 valence electrons. The van der Waals surface area contributed by atoms with Gasteiger partial charge in [-0.05, 0) is 36.7 Å². The second-order valence-corrected chi connectivity index (χ2v) is 7.20. The van der Waals surface area contributed by atoms with Crippen molar-refractivity contribution in [2.24, 2.45) is 23.7 Å². The van der Waals surface area contributed by atoms with Gasteiger partial charge in [-0.3, -0.25) is 14.5 Å². The van der Waals surface area contributed by atoms with E-state index in [1.54, 1.807) is 0 Å². The van der Waals surface area contributed by atoms with E-state index in [2.05, 4.69) is 5.32 Å². The summed E-state index contributed by atoms with van der Waals surface area (Å²) in [5.74, 6) is 0.497. The third-order valence-corrected chi connectivity index (χ3v) is 5.84. The second-order valence-electron chi connectivity index (χ2n) is 7.20. The number of alkyl carbamates (subject to hydrolysis) is 1. The molecule has 2 saturated carbocycles. The lowest BCUT2D eigenvalue weighted by atomic mass is 9.81. The van der Waals surface area contributed by atoms with Crippen LogP contribution in [-0.4, -0.2) is 35.9 Å². The summed E-state index contributed by atoms with van der Waals surface area (Å²) in [4.78, 5) is 38.2. The van der Waals surface area contributed by atoms with E-state index in [-0.39, 0.29) is 43.3 Å². The van der Waals surface area contributed by atoms with Crippen molar-refractivity contribution in [1.29, 1.82) is 0 Å². The standard InChI is InChI=1S/C19H22N2O4/c22-17-15-13-6-7-14(10-13)16(15)18(23)21(17)9-8-20-19(24)25-11-12-4-2-1-3-5-12/h1-5,13-16H,6-11H2,(H,20,24)/t13-,14-,15-,16?/m1/s1. The molecule has 3 fully saturated rings. The smallest absolute Gasteiger partial charge is 0.407 e. The van der Waals surface area contributed by atoms with Gasteiger partial charge < -0.3 is 10.1 Å². The van der Waals surface area contributed by atoms with Crippen LogP contribution in [0.2, 0.25) is 0 Å². The number of amides is 3. The first-order valence-electron chi connectivity index (χ1n) is 8.95. The molecule has 1 aromatic carbocycles. The van der Waals surface area contributed by atoms with Crippen LogP contribution in [0.1, 0.15) is 24.8 Å². The number of likely N-dealkylation sites (tertiary alicyclic amines) is 1. The predicted octanol–water partition coefficient (Wildman–Crippen LogP) is 1.94. The van der Waals surface area contributed by atoms with Gasteiger partial charge in [0.1, 0.15) is 6.61 Å². The van der Waals surface area contributed by atoms with Crippen LogP contribution in [0.5, 0.6) is 0 Å². The molecular formula is C19H22N2O4. The third kappa shape index (κ3) is 2.90. The molecule has 3 aliphatic rings. The SMILES string of the molecule is O=C(NCCN1C(=O)C2[C@@H]3CC[C@H](C3)[C@H]2C1=O)OCc1ccccc1. The minimum Gasteiger partial charge on any atom is -0.445 e. The number of nitrogens with zero attached hydrogens (tertiary/aromatic N) is 1. The van der Waals surface area contributed by atoms with Gasteiger partial charge in [-0.15, -0.1) is 0 Å². The molecule has 1 heterocycles. The normalized spacial score (nSPS) is 29.8. The van der Waals surface area contributed by atoms with Gasteiger partial charge in [-0.2, -0.15) is 0 Å². The second kappa shape index (κ2) is 6.50. The Morgan fingerprint density at radius 3 is 2.36 bits per heavy atom. The molecule has 6 nitrogen and oxygen atoms in total. The highest BCUT2D eigenvalue weighted by Crippen LogP contribution is 2.55. The number of nitrogens with one attached hydrogen (secondary N) is 1. The monoisotopic (exact) mass is 342 g/mol. The Labute approximate surface area is 146 Å². The lowest BCUT2D eigenvalue weighted by Gasteiger charge is -2.19. The maximum absolute atomic E-state index is 12.5. The molecule has 0 aromatic heterocycles. The van der Waals surface area contributed by atoms with Gasteiger partial charge >= 0.3 is 6.09 Å². The lowest BCUT2D eigenvalue weighted by Crippen LogP contribution is -2.39. The van der Waals surface area contributed by atoms with Crippen molar-refractivity contribution in [1.82, 2.24) is 10.2 Å². The highest BCUT2D eigenvalue weighted by Gasteiger charge is 2.60. The maximum Gasteiger partial charge on any atom is 0.407 e.